The van der Waals surface area contributed by atoms with E-state index >= 15 is 0 Å². The highest BCUT2D eigenvalue weighted by atomic mass is 16.5. The van der Waals surface area contributed by atoms with Crippen molar-refractivity contribution in [3.63, 3.8) is 0 Å². The summed E-state index contributed by atoms with van der Waals surface area (Å²) in [6.45, 7) is 6.46. The van der Waals surface area contributed by atoms with Gasteiger partial charge < -0.3 is 30.1 Å². The van der Waals surface area contributed by atoms with E-state index in [0.29, 0.717) is 34.3 Å². The first-order valence-corrected chi connectivity index (χ1v) is 13.6. The van der Waals surface area contributed by atoms with Gasteiger partial charge in [-0.05, 0) is 59.9 Å². The average molecular weight is 557 g/mol. The van der Waals surface area contributed by atoms with Crippen LogP contribution in [0.2, 0.25) is 0 Å². The Morgan fingerprint density at radius 1 is 1.20 bits per heavy atom. The highest BCUT2D eigenvalue weighted by Crippen LogP contribution is 2.65. The first-order valence-electron chi connectivity index (χ1n) is 13.6. The summed E-state index contributed by atoms with van der Waals surface area (Å²) in [6.07, 6.45) is -0.0815. The molecule has 4 atom stereocenters. The number of hydrogen-bond donors (Lipinski definition) is 3. The summed E-state index contributed by atoms with van der Waals surface area (Å²) < 4.78 is 11.2. The number of benzene rings is 2. The molecule has 212 valence electrons. The highest BCUT2D eigenvalue weighted by Gasteiger charge is 2.69. The van der Waals surface area contributed by atoms with E-state index < -0.39 is 29.8 Å². The van der Waals surface area contributed by atoms with Gasteiger partial charge >= 0.3 is 0 Å². The number of nitrogens with zero attached hydrogens (tertiary/aromatic N) is 1. The molecule has 10 heteroatoms. The third-order valence-electron chi connectivity index (χ3n) is 8.85. The van der Waals surface area contributed by atoms with Crippen LogP contribution in [0.15, 0.2) is 57.7 Å². The van der Waals surface area contributed by atoms with Gasteiger partial charge in [-0.25, -0.2) is 0 Å². The van der Waals surface area contributed by atoms with E-state index in [1.807, 2.05) is 25.1 Å². The third-order valence-corrected chi connectivity index (χ3v) is 8.85. The maximum absolute atomic E-state index is 13.8. The molecule has 0 radical (unpaired) electrons. The fourth-order valence-electron chi connectivity index (χ4n) is 6.48. The lowest BCUT2D eigenvalue weighted by molar-refractivity contribution is -0.130. The fraction of sp³-hybridized carbons (Fsp3) is 0.355. The molecule has 0 unspecified atom stereocenters. The van der Waals surface area contributed by atoms with Crippen molar-refractivity contribution in [2.24, 2.45) is 23.0 Å². The van der Waals surface area contributed by atoms with Gasteiger partial charge in [0, 0.05) is 30.1 Å². The van der Waals surface area contributed by atoms with Crippen LogP contribution in [0.4, 0.5) is 0 Å². The number of pyridine rings is 1. The number of nitrogens with two attached hydrogens (primary N) is 1. The van der Waals surface area contributed by atoms with Gasteiger partial charge in [0.15, 0.2) is 5.76 Å². The van der Waals surface area contributed by atoms with E-state index in [1.165, 1.54) is 4.90 Å². The molecule has 3 heterocycles. The van der Waals surface area contributed by atoms with Crippen LogP contribution in [0.5, 0.6) is 5.75 Å². The Balaban J connectivity index is 1.27. The van der Waals surface area contributed by atoms with Gasteiger partial charge in [-0.2, -0.15) is 0 Å². The summed E-state index contributed by atoms with van der Waals surface area (Å²) in [7, 11) is 1.54. The van der Waals surface area contributed by atoms with Crippen molar-refractivity contribution in [2.45, 2.75) is 39.3 Å². The number of aryl methyl sites for hydroxylation is 1. The minimum Gasteiger partial charge on any atom is -0.496 e. The second-order valence-corrected chi connectivity index (χ2v) is 11.7. The average Bonchev–Trinajstić information content (AvgIpc) is 3.31. The van der Waals surface area contributed by atoms with E-state index in [4.69, 9.17) is 14.9 Å². The highest BCUT2D eigenvalue weighted by molar-refractivity contribution is 6.01. The number of primary amides is 1. The molecule has 2 aliphatic rings. The van der Waals surface area contributed by atoms with Crippen molar-refractivity contribution in [3.05, 3.63) is 75.8 Å². The summed E-state index contributed by atoms with van der Waals surface area (Å²) >= 11 is 0. The lowest BCUT2D eigenvalue weighted by Crippen LogP contribution is -2.55. The molecule has 2 fully saturated rings. The summed E-state index contributed by atoms with van der Waals surface area (Å²) in [5.41, 5.74) is 7.72. The molecule has 1 aliphatic carbocycles. The Bertz CT molecular complexity index is 1790. The van der Waals surface area contributed by atoms with Gasteiger partial charge in [0.2, 0.25) is 11.8 Å². The Morgan fingerprint density at radius 3 is 2.71 bits per heavy atom. The molecule has 4 aromatic rings. The molecule has 3 amide bonds. The zero-order chi connectivity index (χ0) is 29.2. The van der Waals surface area contributed by atoms with E-state index in [0.717, 1.165) is 10.9 Å². The number of nitrogens with one attached hydrogen (secondary N) is 2. The van der Waals surface area contributed by atoms with Crippen LogP contribution in [0.1, 0.15) is 35.5 Å². The van der Waals surface area contributed by atoms with Crippen molar-refractivity contribution < 1.29 is 23.5 Å². The molecule has 1 saturated heterocycles. The van der Waals surface area contributed by atoms with E-state index in [1.54, 1.807) is 37.4 Å². The SMILES string of the molecule is COc1cccc2oc(C(=O)N3C[C@H]4[C@@H]([C@H]3C(=O)N[C@@H](Cc3cc5cc(C)ccc5[nH]c3=O)C(N)=O)C4(C)C)cc12. The van der Waals surface area contributed by atoms with Crippen LogP contribution >= 0.6 is 0 Å². The smallest absolute Gasteiger partial charge is 0.290 e. The number of H-pyrrole nitrogens is 1. The van der Waals surface area contributed by atoms with Crippen LogP contribution < -0.4 is 21.3 Å². The molecule has 2 aromatic carbocycles. The number of fused-ring (bicyclic) bond motifs is 3. The Labute approximate surface area is 235 Å². The number of aromatic nitrogens is 1. The van der Waals surface area contributed by atoms with E-state index in [2.05, 4.69) is 24.1 Å². The molecule has 0 bridgehead atoms. The zero-order valence-electron chi connectivity index (χ0n) is 23.3. The van der Waals surface area contributed by atoms with E-state index in [9.17, 15) is 19.2 Å². The van der Waals surface area contributed by atoms with Crippen molar-refractivity contribution >= 4 is 39.6 Å². The number of furan rings is 1. The first-order chi connectivity index (χ1) is 19.5. The molecular formula is C31H32N4O6. The normalized spacial score (nSPS) is 21.5. The number of ether oxygens (including phenoxy) is 1. The van der Waals surface area contributed by atoms with Gasteiger partial charge in [0.05, 0.1) is 12.5 Å². The van der Waals surface area contributed by atoms with Crippen LogP contribution in [-0.2, 0) is 16.0 Å². The molecule has 10 nitrogen and oxygen atoms in total. The van der Waals surface area contributed by atoms with Crippen LogP contribution in [0.25, 0.3) is 21.9 Å². The summed E-state index contributed by atoms with van der Waals surface area (Å²) in [5, 5.41) is 4.23. The standard InChI is InChI=1S/C31H32N4O6/c1-15-8-9-20-16(10-15)11-17(28(37)33-20)12-21(27(32)36)34-29(38)26-25-19(31(25,2)3)14-35(26)30(39)24-13-18-22(40-4)6-5-7-23(18)41-24/h5-11,13,19,21,25-26H,12,14H2,1-4H3,(H2,32,36)(H,33,37)(H,34,38)/t19-,21-,25-,26-/m0/s1. The summed E-state index contributed by atoms with van der Waals surface area (Å²) in [6, 6.07) is 12.3. The minimum atomic E-state index is -1.14. The number of likely N-dealkylation sites (tertiary alicyclic amines) is 1. The monoisotopic (exact) mass is 556 g/mol. The summed E-state index contributed by atoms with van der Waals surface area (Å²) in [5.74, 6) is -0.955. The van der Waals surface area contributed by atoms with Crippen LogP contribution in [-0.4, -0.2) is 53.3 Å². The molecule has 2 aromatic heterocycles. The van der Waals surface area contributed by atoms with Crippen molar-refractivity contribution in [1.82, 2.24) is 15.2 Å². The van der Waals surface area contributed by atoms with Gasteiger partial charge in [-0.3, -0.25) is 19.2 Å². The molecule has 6 rings (SSSR count). The predicted molar refractivity (Wildman–Crippen MR) is 152 cm³/mol. The van der Waals surface area contributed by atoms with Crippen molar-refractivity contribution in [2.75, 3.05) is 13.7 Å². The fourth-order valence-corrected chi connectivity index (χ4v) is 6.48. The molecule has 4 N–H and O–H groups in total. The van der Waals surface area contributed by atoms with Crippen LogP contribution in [0, 0.1) is 24.2 Å². The van der Waals surface area contributed by atoms with Gasteiger partial charge in [-0.1, -0.05) is 31.5 Å². The number of carbonyl (C=O) groups is 3. The third kappa shape index (κ3) is 4.43. The second-order valence-electron chi connectivity index (χ2n) is 11.7. The topological polar surface area (TPSA) is 148 Å². The number of methoxy groups -OCH3 is 1. The number of hydrogen-bond acceptors (Lipinski definition) is 6. The summed E-state index contributed by atoms with van der Waals surface area (Å²) in [4.78, 5) is 57.1. The Kier molecular flexibility index (Phi) is 6.17. The molecule has 0 spiro atoms. The van der Waals surface area contributed by atoms with Gasteiger partial charge in [-0.15, -0.1) is 0 Å². The Morgan fingerprint density at radius 2 is 1.98 bits per heavy atom. The quantitative estimate of drug-likeness (QED) is 0.319. The zero-order valence-corrected chi connectivity index (χ0v) is 23.3. The molecule has 1 saturated carbocycles. The predicted octanol–water partition coefficient (Wildman–Crippen LogP) is 2.90. The lowest BCUT2D eigenvalue weighted by Gasteiger charge is -2.30. The van der Waals surface area contributed by atoms with Crippen molar-refractivity contribution in [1.29, 1.82) is 0 Å². The largest absolute Gasteiger partial charge is 0.496 e. The maximum atomic E-state index is 13.8. The minimum absolute atomic E-state index is 0.0815. The lowest BCUT2D eigenvalue weighted by atomic mass is 9.99. The van der Waals surface area contributed by atoms with Gasteiger partial charge in [0.25, 0.3) is 11.5 Å². The number of amides is 3. The van der Waals surface area contributed by atoms with Crippen LogP contribution in [0.3, 0.4) is 0 Å². The number of piperidine rings is 1. The maximum Gasteiger partial charge on any atom is 0.290 e. The molecular weight excluding hydrogens is 524 g/mol. The molecule has 1 aliphatic heterocycles. The second kappa shape index (κ2) is 9.50. The van der Waals surface area contributed by atoms with Gasteiger partial charge in [0.1, 0.15) is 23.4 Å². The van der Waals surface area contributed by atoms with E-state index in [-0.39, 0.29) is 35.0 Å². The van der Waals surface area contributed by atoms with Crippen molar-refractivity contribution in [3.8, 4) is 5.75 Å². The first kappa shape index (κ1) is 26.6. The Hall–Kier alpha value is -4.60. The number of aromatic amines is 1. The number of rotatable bonds is 7. The number of carbonyl (C=O) groups excluding carboxylic acids is 3. The molecule has 41 heavy (non-hydrogen) atoms.